The van der Waals surface area contributed by atoms with Crippen molar-refractivity contribution >= 4 is 11.8 Å². The fraction of sp³-hybridized carbons (Fsp3) is 0.750. The Morgan fingerprint density at radius 3 is 3.06 bits per heavy atom. The van der Waals surface area contributed by atoms with Gasteiger partial charge in [-0.25, -0.2) is 0 Å². The van der Waals surface area contributed by atoms with Crippen LogP contribution in [0.2, 0.25) is 0 Å². The smallest absolute Gasteiger partial charge is 0.0624 e. The van der Waals surface area contributed by atoms with Gasteiger partial charge in [-0.15, -0.1) is 0 Å². The fourth-order valence-electron chi connectivity index (χ4n) is 2.38. The minimum atomic E-state index is 0.364. The van der Waals surface area contributed by atoms with Crippen molar-refractivity contribution < 1.29 is 0 Å². The molecule has 0 bridgehead atoms. The third kappa shape index (κ3) is 3.03. The summed E-state index contributed by atoms with van der Waals surface area (Å²) in [6, 6.07) is 2.56. The van der Waals surface area contributed by atoms with Crippen LogP contribution in [0.4, 0.5) is 0 Å². The summed E-state index contributed by atoms with van der Waals surface area (Å²) in [6.07, 6.45) is 4.56. The summed E-state index contributed by atoms with van der Waals surface area (Å²) in [7, 11) is 2.02. The first kappa shape index (κ1) is 12.9. The molecule has 0 radical (unpaired) electrons. The van der Waals surface area contributed by atoms with E-state index in [9.17, 15) is 0 Å². The van der Waals surface area contributed by atoms with Gasteiger partial charge in [0.15, 0.2) is 0 Å². The maximum atomic E-state index is 5.70. The molecule has 3 N–H and O–H groups in total. The maximum absolute atomic E-state index is 5.70. The molecule has 96 valence electrons. The highest BCUT2D eigenvalue weighted by Crippen LogP contribution is 2.29. The van der Waals surface area contributed by atoms with Crippen LogP contribution in [0.15, 0.2) is 6.07 Å². The largest absolute Gasteiger partial charge is 0.272 e. The van der Waals surface area contributed by atoms with Crippen molar-refractivity contribution in [2.75, 3.05) is 5.75 Å². The van der Waals surface area contributed by atoms with Gasteiger partial charge in [0.25, 0.3) is 0 Å². The predicted molar refractivity (Wildman–Crippen MR) is 72.9 cm³/mol. The van der Waals surface area contributed by atoms with E-state index < -0.39 is 0 Å². The van der Waals surface area contributed by atoms with Gasteiger partial charge < -0.3 is 0 Å². The lowest BCUT2D eigenvalue weighted by Gasteiger charge is -2.21. The van der Waals surface area contributed by atoms with E-state index in [1.807, 2.05) is 23.5 Å². The van der Waals surface area contributed by atoms with Crippen LogP contribution in [-0.2, 0) is 19.9 Å². The minimum Gasteiger partial charge on any atom is -0.272 e. The number of hydrazine groups is 1. The molecule has 0 spiro atoms. The van der Waals surface area contributed by atoms with Crippen LogP contribution in [0.5, 0.6) is 0 Å². The van der Waals surface area contributed by atoms with Gasteiger partial charge in [-0.2, -0.15) is 16.9 Å². The number of aryl methyl sites for hydroxylation is 2. The number of nitrogens with one attached hydrogen (secondary N) is 1. The molecule has 0 saturated carbocycles. The average molecular weight is 254 g/mol. The molecule has 2 unspecified atom stereocenters. The lowest BCUT2D eigenvalue weighted by Crippen LogP contribution is -2.43. The van der Waals surface area contributed by atoms with Crippen LogP contribution in [0, 0.1) is 0 Å². The highest BCUT2D eigenvalue weighted by atomic mass is 32.2. The second-order valence-electron chi connectivity index (χ2n) is 4.63. The fourth-order valence-corrected chi connectivity index (χ4v) is 3.75. The van der Waals surface area contributed by atoms with E-state index in [1.165, 1.54) is 24.3 Å². The van der Waals surface area contributed by atoms with Crippen LogP contribution >= 0.6 is 11.8 Å². The summed E-state index contributed by atoms with van der Waals surface area (Å²) in [5, 5.41) is 5.14. The van der Waals surface area contributed by atoms with Crippen molar-refractivity contribution in [3.63, 3.8) is 0 Å². The molecule has 0 aromatic carbocycles. The molecular weight excluding hydrogens is 232 g/mol. The van der Waals surface area contributed by atoms with Crippen LogP contribution in [0.25, 0.3) is 0 Å². The van der Waals surface area contributed by atoms with E-state index in [4.69, 9.17) is 5.84 Å². The van der Waals surface area contributed by atoms with E-state index in [0.29, 0.717) is 11.3 Å². The van der Waals surface area contributed by atoms with Gasteiger partial charge in [0, 0.05) is 30.5 Å². The van der Waals surface area contributed by atoms with Gasteiger partial charge in [-0.1, -0.05) is 6.92 Å². The number of hydrogen-bond acceptors (Lipinski definition) is 4. The van der Waals surface area contributed by atoms with Crippen molar-refractivity contribution in [2.45, 2.75) is 43.9 Å². The van der Waals surface area contributed by atoms with E-state index in [-0.39, 0.29) is 0 Å². The number of nitrogens with zero attached hydrogens (tertiary/aromatic N) is 2. The molecule has 5 heteroatoms. The van der Waals surface area contributed by atoms with Crippen molar-refractivity contribution in [2.24, 2.45) is 12.9 Å². The molecule has 1 aliphatic rings. The first-order valence-electron chi connectivity index (χ1n) is 6.34. The Labute approximate surface area is 107 Å². The SMILES string of the molecule is CCc1cc(CC(NN)C2CCCS2)n(C)n1. The molecule has 1 saturated heterocycles. The van der Waals surface area contributed by atoms with Gasteiger partial charge in [-0.05, 0) is 31.1 Å². The third-order valence-corrected chi connectivity index (χ3v) is 4.96. The summed E-state index contributed by atoms with van der Waals surface area (Å²) in [5.74, 6) is 6.97. The topological polar surface area (TPSA) is 55.9 Å². The summed E-state index contributed by atoms with van der Waals surface area (Å²) in [4.78, 5) is 0. The normalized spacial score (nSPS) is 21.9. The highest BCUT2D eigenvalue weighted by Gasteiger charge is 2.25. The Bertz CT molecular complexity index is 357. The monoisotopic (exact) mass is 254 g/mol. The lowest BCUT2D eigenvalue weighted by molar-refractivity contribution is 0.482. The Morgan fingerprint density at radius 1 is 1.71 bits per heavy atom. The van der Waals surface area contributed by atoms with Crippen molar-refractivity contribution in [3.05, 3.63) is 17.5 Å². The molecule has 1 aromatic rings. The van der Waals surface area contributed by atoms with E-state index >= 15 is 0 Å². The van der Waals surface area contributed by atoms with Crippen molar-refractivity contribution in [3.8, 4) is 0 Å². The number of aromatic nitrogens is 2. The Hall–Kier alpha value is -0.520. The number of nitrogens with two attached hydrogens (primary N) is 1. The lowest BCUT2D eigenvalue weighted by atomic mass is 10.0. The maximum Gasteiger partial charge on any atom is 0.0624 e. The molecule has 2 rings (SSSR count). The number of hydrogen-bond donors (Lipinski definition) is 2. The Kier molecular flexibility index (Phi) is 4.48. The van der Waals surface area contributed by atoms with Crippen LogP contribution < -0.4 is 11.3 Å². The molecular formula is C12H22N4S. The van der Waals surface area contributed by atoms with Gasteiger partial charge in [-0.3, -0.25) is 16.0 Å². The van der Waals surface area contributed by atoms with Crippen LogP contribution in [0.1, 0.15) is 31.2 Å². The summed E-state index contributed by atoms with van der Waals surface area (Å²) >= 11 is 2.04. The standard InChI is InChI=1S/C12H22N4S/c1-3-9-7-10(16(2)15-9)8-11(14-13)12-5-4-6-17-12/h7,11-12,14H,3-6,8,13H2,1-2H3. The number of rotatable bonds is 5. The molecule has 17 heavy (non-hydrogen) atoms. The zero-order chi connectivity index (χ0) is 12.3. The average Bonchev–Trinajstić information content (AvgIpc) is 2.96. The van der Waals surface area contributed by atoms with Crippen LogP contribution in [-0.4, -0.2) is 26.8 Å². The molecule has 1 fully saturated rings. The Balaban J connectivity index is 2.03. The molecule has 4 nitrogen and oxygen atoms in total. The predicted octanol–water partition coefficient (Wildman–Crippen LogP) is 1.25. The molecule has 0 aliphatic carbocycles. The quantitative estimate of drug-likeness (QED) is 0.613. The van der Waals surface area contributed by atoms with Gasteiger partial charge in [0.05, 0.1) is 5.69 Å². The first-order chi connectivity index (χ1) is 8.24. The van der Waals surface area contributed by atoms with E-state index in [0.717, 1.165) is 18.5 Å². The second-order valence-corrected chi connectivity index (χ2v) is 5.98. The van der Waals surface area contributed by atoms with Crippen molar-refractivity contribution in [1.29, 1.82) is 0 Å². The zero-order valence-electron chi connectivity index (χ0n) is 10.6. The van der Waals surface area contributed by atoms with Crippen LogP contribution in [0.3, 0.4) is 0 Å². The van der Waals surface area contributed by atoms with Crippen molar-refractivity contribution in [1.82, 2.24) is 15.2 Å². The van der Waals surface area contributed by atoms with Gasteiger partial charge in [0.1, 0.15) is 0 Å². The molecule has 0 amide bonds. The molecule has 1 aromatic heterocycles. The van der Waals surface area contributed by atoms with E-state index in [2.05, 4.69) is 23.5 Å². The molecule has 1 aliphatic heterocycles. The molecule has 2 atom stereocenters. The summed E-state index contributed by atoms with van der Waals surface area (Å²) in [6.45, 7) is 2.14. The van der Waals surface area contributed by atoms with Gasteiger partial charge in [0.2, 0.25) is 0 Å². The second kappa shape index (κ2) is 5.89. The Morgan fingerprint density at radius 2 is 2.53 bits per heavy atom. The summed E-state index contributed by atoms with van der Waals surface area (Å²) < 4.78 is 1.99. The minimum absolute atomic E-state index is 0.364. The number of thioether (sulfide) groups is 1. The third-order valence-electron chi connectivity index (χ3n) is 3.45. The van der Waals surface area contributed by atoms with Gasteiger partial charge >= 0.3 is 0 Å². The first-order valence-corrected chi connectivity index (χ1v) is 7.39. The van der Waals surface area contributed by atoms with E-state index in [1.54, 1.807) is 0 Å². The summed E-state index contributed by atoms with van der Waals surface area (Å²) in [5.41, 5.74) is 5.42. The molecule has 2 heterocycles. The zero-order valence-corrected chi connectivity index (χ0v) is 11.5. The highest BCUT2D eigenvalue weighted by molar-refractivity contribution is 8.00.